The highest BCUT2D eigenvalue weighted by Gasteiger charge is 2.23. The number of methoxy groups -OCH3 is 1. The van der Waals surface area contributed by atoms with Crippen molar-refractivity contribution in [3.8, 4) is 11.5 Å². The molecule has 0 aromatic heterocycles. The van der Waals surface area contributed by atoms with Crippen LogP contribution in [0.25, 0.3) is 6.08 Å². The Bertz CT molecular complexity index is 568. The normalized spacial score (nSPS) is 16.7. The summed E-state index contributed by atoms with van der Waals surface area (Å²) in [5, 5.41) is 14.2. The van der Waals surface area contributed by atoms with Gasteiger partial charge in [-0.2, -0.15) is 0 Å². The van der Waals surface area contributed by atoms with Gasteiger partial charge in [0.15, 0.2) is 11.5 Å². The average Bonchev–Trinajstić information content (AvgIpc) is 2.62. The predicted octanol–water partition coefficient (Wildman–Crippen LogP) is 1.19. The molecule has 1 aromatic rings. The van der Waals surface area contributed by atoms with Crippen LogP contribution >= 0.6 is 22.6 Å². The largest absolute Gasteiger partial charge is 0.504 e. The van der Waals surface area contributed by atoms with Gasteiger partial charge in [-0.1, -0.05) is 0 Å². The summed E-state index contributed by atoms with van der Waals surface area (Å²) in [6, 6.07) is 2.69. The Balaban J connectivity index is 2.41. The number of rotatable bonds is 2. The standard InChI is InChI=1S/C11H9IN2O4/c1-18-8-4-5(2-6(12)9(8)15)3-7-10(16)14-11(17)13-7/h2-4,15H,1H3,(H2,13,14,16,17)/b7-3+. The van der Waals surface area contributed by atoms with Crippen LogP contribution in [0.2, 0.25) is 0 Å². The van der Waals surface area contributed by atoms with Gasteiger partial charge in [-0.05, 0) is 46.4 Å². The summed E-state index contributed by atoms with van der Waals surface area (Å²) in [7, 11) is 1.44. The number of benzene rings is 1. The first-order valence-electron chi connectivity index (χ1n) is 4.92. The Kier molecular flexibility index (Phi) is 3.41. The van der Waals surface area contributed by atoms with Crippen molar-refractivity contribution in [3.63, 3.8) is 0 Å². The number of amides is 3. The minimum Gasteiger partial charge on any atom is -0.504 e. The number of phenols is 1. The molecular formula is C11H9IN2O4. The van der Waals surface area contributed by atoms with Crippen LogP contribution in [0.4, 0.5) is 4.79 Å². The molecule has 1 saturated heterocycles. The van der Waals surface area contributed by atoms with Gasteiger partial charge in [0.25, 0.3) is 5.91 Å². The second kappa shape index (κ2) is 4.84. The third-order valence-electron chi connectivity index (χ3n) is 2.30. The molecule has 2 rings (SSSR count). The van der Waals surface area contributed by atoms with Crippen molar-refractivity contribution < 1.29 is 19.4 Å². The topological polar surface area (TPSA) is 87.7 Å². The molecule has 0 aliphatic carbocycles. The lowest BCUT2D eigenvalue weighted by Crippen LogP contribution is -2.22. The zero-order valence-electron chi connectivity index (χ0n) is 9.28. The number of carbonyl (C=O) groups is 2. The Morgan fingerprint density at radius 1 is 1.33 bits per heavy atom. The Labute approximate surface area is 116 Å². The van der Waals surface area contributed by atoms with Crippen LogP contribution in [0.1, 0.15) is 5.56 Å². The first-order valence-corrected chi connectivity index (χ1v) is 5.99. The second-order valence-electron chi connectivity index (χ2n) is 3.52. The minimum atomic E-state index is -0.549. The van der Waals surface area contributed by atoms with Gasteiger partial charge in [-0.15, -0.1) is 0 Å². The molecule has 3 amide bonds. The number of ether oxygens (including phenoxy) is 1. The molecule has 1 aliphatic rings. The maximum atomic E-state index is 11.4. The Hall–Kier alpha value is -1.77. The molecule has 0 bridgehead atoms. The van der Waals surface area contributed by atoms with Crippen LogP contribution in [-0.2, 0) is 4.79 Å². The molecule has 94 valence electrons. The van der Waals surface area contributed by atoms with E-state index < -0.39 is 11.9 Å². The number of halogens is 1. The Morgan fingerprint density at radius 3 is 2.61 bits per heavy atom. The van der Waals surface area contributed by atoms with Gasteiger partial charge >= 0.3 is 6.03 Å². The number of hydrogen-bond acceptors (Lipinski definition) is 4. The zero-order chi connectivity index (χ0) is 13.3. The summed E-state index contributed by atoms with van der Waals surface area (Å²) in [6.45, 7) is 0. The fourth-order valence-electron chi connectivity index (χ4n) is 1.48. The monoisotopic (exact) mass is 360 g/mol. The molecule has 6 nitrogen and oxygen atoms in total. The number of aromatic hydroxyl groups is 1. The van der Waals surface area contributed by atoms with E-state index in [0.717, 1.165) is 0 Å². The van der Waals surface area contributed by atoms with Crippen molar-refractivity contribution >= 4 is 40.6 Å². The van der Waals surface area contributed by atoms with Crippen molar-refractivity contribution in [3.05, 3.63) is 27.0 Å². The van der Waals surface area contributed by atoms with Gasteiger partial charge in [0.1, 0.15) is 5.70 Å². The summed E-state index contributed by atoms with van der Waals surface area (Å²) in [5.41, 5.74) is 0.796. The Morgan fingerprint density at radius 2 is 2.06 bits per heavy atom. The highest BCUT2D eigenvalue weighted by atomic mass is 127. The number of urea groups is 1. The fraction of sp³-hybridized carbons (Fsp3) is 0.0909. The van der Waals surface area contributed by atoms with Crippen LogP contribution in [0.3, 0.4) is 0 Å². The van der Waals surface area contributed by atoms with Crippen molar-refractivity contribution in [2.45, 2.75) is 0 Å². The maximum Gasteiger partial charge on any atom is 0.326 e. The van der Waals surface area contributed by atoms with Gasteiger partial charge in [-0.25, -0.2) is 4.79 Å². The molecule has 18 heavy (non-hydrogen) atoms. The highest BCUT2D eigenvalue weighted by molar-refractivity contribution is 14.1. The van der Waals surface area contributed by atoms with Crippen molar-refractivity contribution in [2.75, 3.05) is 7.11 Å². The molecule has 1 aliphatic heterocycles. The third-order valence-corrected chi connectivity index (χ3v) is 3.12. The van der Waals surface area contributed by atoms with Crippen LogP contribution in [-0.4, -0.2) is 24.2 Å². The zero-order valence-corrected chi connectivity index (χ0v) is 11.4. The lowest BCUT2D eigenvalue weighted by molar-refractivity contribution is -0.115. The van der Waals surface area contributed by atoms with E-state index in [1.54, 1.807) is 12.1 Å². The number of nitrogens with one attached hydrogen (secondary N) is 2. The second-order valence-corrected chi connectivity index (χ2v) is 4.68. The van der Waals surface area contributed by atoms with Crippen LogP contribution in [0, 0.1) is 3.57 Å². The summed E-state index contributed by atoms with van der Waals surface area (Å²) >= 11 is 1.95. The molecule has 1 fully saturated rings. The van der Waals surface area contributed by atoms with Gasteiger partial charge in [0.05, 0.1) is 10.7 Å². The summed E-state index contributed by atoms with van der Waals surface area (Å²) < 4.78 is 5.59. The van der Waals surface area contributed by atoms with Crippen molar-refractivity contribution in [1.29, 1.82) is 0 Å². The molecule has 0 atom stereocenters. The predicted molar refractivity (Wildman–Crippen MR) is 72.0 cm³/mol. The molecular weight excluding hydrogens is 351 g/mol. The molecule has 0 unspecified atom stereocenters. The smallest absolute Gasteiger partial charge is 0.326 e. The summed E-state index contributed by atoms with van der Waals surface area (Å²) in [6.07, 6.45) is 1.50. The van der Waals surface area contributed by atoms with E-state index in [0.29, 0.717) is 14.9 Å². The maximum absolute atomic E-state index is 11.4. The van der Waals surface area contributed by atoms with E-state index in [1.165, 1.54) is 13.2 Å². The molecule has 0 saturated carbocycles. The fourth-order valence-corrected chi connectivity index (χ4v) is 2.11. The SMILES string of the molecule is COc1cc(/C=C2/NC(=O)NC2=O)cc(I)c1O. The molecule has 1 aromatic carbocycles. The molecule has 3 N–H and O–H groups in total. The first-order chi connectivity index (χ1) is 8.51. The van der Waals surface area contributed by atoms with E-state index in [-0.39, 0.29) is 11.4 Å². The molecule has 0 radical (unpaired) electrons. The van der Waals surface area contributed by atoms with Crippen molar-refractivity contribution in [1.82, 2.24) is 10.6 Å². The van der Waals surface area contributed by atoms with Gasteiger partial charge < -0.3 is 15.2 Å². The van der Waals surface area contributed by atoms with E-state index >= 15 is 0 Å². The summed E-state index contributed by atoms with van der Waals surface area (Å²) in [5.74, 6) is -0.138. The van der Waals surface area contributed by atoms with Gasteiger partial charge in [-0.3, -0.25) is 10.1 Å². The number of phenolic OH excluding ortho intramolecular Hbond substituents is 1. The van der Waals surface area contributed by atoms with Crippen molar-refractivity contribution in [2.24, 2.45) is 0 Å². The van der Waals surface area contributed by atoms with Crippen LogP contribution in [0.5, 0.6) is 11.5 Å². The molecule has 1 heterocycles. The quantitative estimate of drug-likeness (QED) is 0.420. The lowest BCUT2D eigenvalue weighted by Gasteiger charge is -2.06. The van der Waals surface area contributed by atoms with Crippen LogP contribution < -0.4 is 15.4 Å². The molecule has 7 heteroatoms. The third kappa shape index (κ3) is 2.40. The van der Waals surface area contributed by atoms with Gasteiger partial charge in [0.2, 0.25) is 0 Å². The number of imide groups is 1. The molecule has 0 spiro atoms. The van der Waals surface area contributed by atoms with Crippen LogP contribution in [0.15, 0.2) is 17.8 Å². The number of hydrogen-bond donors (Lipinski definition) is 3. The highest BCUT2D eigenvalue weighted by Crippen LogP contribution is 2.33. The van der Waals surface area contributed by atoms with E-state index in [1.807, 2.05) is 22.6 Å². The van der Waals surface area contributed by atoms with E-state index in [4.69, 9.17) is 4.74 Å². The van der Waals surface area contributed by atoms with E-state index in [2.05, 4.69) is 10.6 Å². The lowest BCUT2D eigenvalue weighted by atomic mass is 10.1. The first kappa shape index (κ1) is 12.7. The summed E-state index contributed by atoms with van der Waals surface area (Å²) in [4.78, 5) is 22.3. The van der Waals surface area contributed by atoms with E-state index in [9.17, 15) is 14.7 Å². The number of carbonyl (C=O) groups excluding carboxylic acids is 2. The van der Waals surface area contributed by atoms with Gasteiger partial charge in [0, 0.05) is 0 Å². The minimum absolute atomic E-state index is 0.0418. The average molecular weight is 360 g/mol.